The lowest BCUT2D eigenvalue weighted by molar-refractivity contribution is 0.0122. The van der Waals surface area contributed by atoms with Gasteiger partial charge in [-0.05, 0) is 64.6 Å². The molecule has 43 heavy (non-hydrogen) atoms. The standard InChI is InChI=1S/C31H46F2N4O5Si/c1-29(2,3)42-28(38)37-19-10-11-20(37)16-36(15-19)26-23-24(21(32)14-22(33)25(23)39-7)34-27(35-26)40-17-31(12-13-31)18-41-43(8,9)30(4,5)6/h14,19-20H,10-13,15-18H2,1-9H3. The van der Waals surface area contributed by atoms with Crippen LogP contribution >= 0.6 is 0 Å². The highest BCUT2D eigenvalue weighted by atomic mass is 28.4. The van der Waals surface area contributed by atoms with Crippen molar-refractivity contribution in [3.05, 3.63) is 17.7 Å². The van der Waals surface area contributed by atoms with Crippen molar-refractivity contribution in [1.82, 2.24) is 14.9 Å². The van der Waals surface area contributed by atoms with E-state index in [2.05, 4.69) is 38.8 Å². The number of nitrogens with zero attached hydrogens (tertiary/aromatic N) is 4. The zero-order chi connectivity index (χ0) is 31.5. The molecular formula is C31H46F2N4O5Si. The van der Waals surface area contributed by atoms with Crippen LogP contribution in [0.5, 0.6) is 11.8 Å². The highest BCUT2D eigenvalue weighted by molar-refractivity contribution is 6.74. The largest absolute Gasteiger partial charge is 0.493 e. The normalized spacial score (nSPS) is 21.7. The first-order chi connectivity index (χ1) is 19.9. The summed E-state index contributed by atoms with van der Waals surface area (Å²) >= 11 is 0. The summed E-state index contributed by atoms with van der Waals surface area (Å²) in [6.07, 6.45) is 3.17. The minimum atomic E-state index is -1.94. The molecule has 3 fully saturated rings. The molecule has 2 aliphatic heterocycles. The summed E-state index contributed by atoms with van der Waals surface area (Å²) in [5.41, 5.74) is -0.812. The van der Waals surface area contributed by atoms with E-state index in [1.54, 1.807) is 4.90 Å². The molecule has 1 aliphatic carbocycles. The van der Waals surface area contributed by atoms with Crippen LogP contribution in [0.4, 0.5) is 19.4 Å². The third kappa shape index (κ3) is 6.41. The third-order valence-electron chi connectivity index (χ3n) is 9.39. The SMILES string of the molecule is COc1c(F)cc(F)c2nc(OCC3(CO[Si](C)(C)C(C)(C)C)CC3)nc(N3CC4CCC(C3)N4C(=O)OC(C)(C)C)c12. The molecule has 12 heteroatoms. The number of anilines is 1. The molecule has 1 saturated carbocycles. The molecule has 1 aromatic heterocycles. The number of amides is 1. The Labute approximate surface area is 254 Å². The van der Waals surface area contributed by atoms with Crippen LogP contribution in [0.15, 0.2) is 6.07 Å². The summed E-state index contributed by atoms with van der Waals surface area (Å²) < 4.78 is 54.0. The number of aromatic nitrogens is 2. The van der Waals surface area contributed by atoms with Crippen molar-refractivity contribution in [1.29, 1.82) is 0 Å². The van der Waals surface area contributed by atoms with E-state index in [1.165, 1.54) is 7.11 Å². The van der Waals surface area contributed by atoms with Crippen LogP contribution < -0.4 is 14.4 Å². The molecule has 1 aromatic carbocycles. The predicted octanol–water partition coefficient (Wildman–Crippen LogP) is 6.69. The van der Waals surface area contributed by atoms with Crippen molar-refractivity contribution < 1.29 is 32.2 Å². The van der Waals surface area contributed by atoms with Crippen LogP contribution in [0.1, 0.15) is 67.2 Å². The number of halogens is 2. The quantitative estimate of drug-likeness (QED) is 0.302. The second kappa shape index (κ2) is 11.0. The Kier molecular flexibility index (Phi) is 8.11. The van der Waals surface area contributed by atoms with Crippen LogP contribution in [0, 0.1) is 17.0 Å². The van der Waals surface area contributed by atoms with Gasteiger partial charge in [0.05, 0.1) is 31.2 Å². The van der Waals surface area contributed by atoms with E-state index in [-0.39, 0.29) is 51.3 Å². The van der Waals surface area contributed by atoms with Gasteiger partial charge in [-0.1, -0.05) is 20.8 Å². The first-order valence-electron chi connectivity index (χ1n) is 15.2. The Morgan fingerprint density at radius 3 is 2.19 bits per heavy atom. The van der Waals surface area contributed by atoms with Gasteiger partial charge in [0.1, 0.15) is 16.9 Å². The molecule has 3 aliphatic rings. The summed E-state index contributed by atoms with van der Waals surface area (Å²) in [6.45, 7) is 18.4. The Bertz CT molecular complexity index is 1380. The molecular weight excluding hydrogens is 574 g/mol. The van der Waals surface area contributed by atoms with Gasteiger partial charge in [-0.2, -0.15) is 9.97 Å². The van der Waals surface area contributed by atoms with Crippen molar-refractivity contribution in [3.8, 4) is 11.8 Å². The smallest absolute Gasteiger partial charge is 0.410 e. The molecule has 5 rings (SSSR count). The van der Waals surface area contributed by atoms with Crippen molar-refractivity contribution >= 4 is 31.1 Å². The highest BCUT2D eigenvalue weighted by Gasteiger charge is 2.48. The van der Waals surface area contributed by atoms with E-state index in [0.29, 0.717) is 32.1 Å². The second-order valence-electron chi connectivity index (χ2n) is 14.9. The van der Waals surface area contributed by atoms with E-state index in [1.807, 2.05) is 25.7 Å². The van der Waals surface area contributed by atoms with Crippen LogP contribution in [-0.4, -0.2) is 80.4 Å². The number of ether oxygens (including phenoxy) is 3. The first kappa shape index (κ1) is 31.7. The fourth-order valence-electron chi connectivity index (χ4n) is 5.63. The van der Waals surface area contributed by atoms with Crippen molar-refractivity contribution in [2.75, 3.05) is 38.3 Å². The van der Waals surface area contributed by atoms with Gasteiger partial charge in [0.2, 0.25) is 0 Å². The fourth-order valence-corrected chi connectivity index (χ4v) is 6.73. The number of fused-ring (bicyclic) bond motifs is 3. The monoisotopic (exact) mass is 620 g/mol. The van der Waals surface area contributed by atoms with Crippen LogP contribution in [0.25, 0.3) is 10.9 Å². The third-order valence-corrected chi connectivity index (χ3v) is 13.9. The molecule has 2 aromatic rings. The minimum Gasteiger partial charge on any atom is -0.493 e. The van der Waals surface area contributed by atoms with Crippen molar-refractivity contribution in [3.63, 3.8) is 0 Å². The molecule has 2 unspecified atom stereocenters. The lowest BCUT2D eigenvalue weighted by atomic mass is 10.1. The number of carbonyl (C=O) groups is 1. The number of benzene rings is 1. The molecule has 238 valence electrons. The highest BCUT2D eigenvalue weighted by Crippen LogP contribution is 2.48. The molecule has 2 saturated heterocycles. The second-order valence-corrected chi connectivity index (χ2v) is 19.8. The lowest BCUT2D eigenvalue weighted by Crippen LogP contribution is -2.57. The zero-order valence-corrected chi connectivity index (χ0v) is 28.0. The maximum absolute atomic E-state index is 15.3. The van der Waals surface area contributed by atoms with Gasteiger partial charge in [0, 0.05) is 31.2 Å². The number of hydrogen-bond acceptors (Lipinski definition) is 8. The first-order valence-corrected chi connectivity index (χ1v) is 18.1. The molecule has 2 bridgehead atoms. The fraction of sp³-hybridized carbons (Fsp3) is 0.710. The summed E-state index contributed by atoms with van der Waals surface area (Å²) in [4.78, 5) is 25.9. The molecule has 0 radical (unpaired) electrons. The Balaban J connectivity index is 1.43. The van der Waals surface area contributed by atoms with Crippen molar-refractivity contribution in [2.24, 2.45) is 5.41 Å². The van der Waals surface area contributed by atoms with Gasteiger partial charge in [-0.25, -0.2) is 13.6 Å². The number of carbonyl (C=O) groups excluding carboxylic acids is 1. The number of rotatable bonds is 8. The molecule has 0 N–H and O–H groups in total. The van der Waals surface area contributed by atoms with Gasteiger partial charge in [-0.3, -0.25) is 4.90 Å². The van der Waals surface area contributed by atoms with E-state index in [0.717, 1.165) is 31.7 Å². The maximum atomic E-state index is 15.3. The van der Waals surface area contributed by atoms with Gasteiger partial charge in [0.15, 0.2) is 25.7 Å². The van der Waals surface area contributed by atoms with Crippen LogP contribution in [-0.2, 0) is 9.16 Å². The Morgan fingerprint density at radius 1 is 1.02 bits per heavy atom. The summed E-state index contributed by atoms with van der Waals surface area (Å²) in [5, 5.41) is 0.249. The molecule has 9 nitrogen and oxygen atoms in total. The predicted molar refractivity (Wildman–Crippen MR) is 163 cm³/mol. The molecule has 3 heterocycles. The number of piperazine rings is 1. The molecule has 1 amide bonds. The van der Waals surface area contributed by atoms with Crippen LogP contribution in [0.3, 0.4) is 0 Å². The Hall–Kier alpha value is -2.73. The number of hydrogen-bond donors (Lipinski definition) is 0. The Morgan fingerprint density at radius 2 is 1.65 bits per heavy atom. The topological polar surface area (TPSA) is 86.3 Å². The van der Waals surface area contributed by atoms with Crippen molar-refractivity contribution in [2.45, 2.75) is 103 Å². The molecule has 2 atom stereocenters. The van der Waals surface area contributed by atoms with Gasteiger partial charge in [-0.15, -0.1) is 0 Å². The maximum Gasteiger partial charge on any atom is 0.410 e. The van der Waals surface area contributed by atoms with Gasteiger partial charge < -0.3 is 23.5 Å². The zero-order valence-electron chi connectivity index (χ0n) is 27.0. The van der Waals surface area contributed by atoms with E-state index < -0.39 is 25.6 Å². The van der Waals surface area contributed by atoms with Gasteiger partial charge >= 0.3 is 12.1 Å². The molecule has 0 spiro atoms. The average Bonchev–Trinajstić information content (AvgIpc) is 3.62. The minimum absolute atomic E-state index is 0.0237. The average molecular weight is 621 g/mol. The number of methoxy groups -OCH3 is 1. The van der Waals surface area contributed by atoms with Gasteiger partial charge in [0.25, 0.3) is 0 Å². The van der Waals surface area contributed by atoms with E-state index in [9.17, 15) is 9.18 Å². The summed E-state index contributed by atoms with van der Waals surface area (Å²) in [7, 11) is -0.597. The lowest BCUT2D eigenvalue weighted by Gasteiger charge is -2.42. The summed E-state index contributed by atoms with van der Waals surface area (Å²) in [6, 6.07) is 0.543. The van der Waals surface area contributed by atoms with E-state index >= 15 is 4.39 Å². The van der Waals surface area contributed by atoms with Crippen LogP contribution in [0.2, 0.25) is 18.1 Å². The van der Waals surface area contributed by atoms with E-state index in [4.69, 9.17) is 23.6 Å². The summed E-state index contributed by atoms with van der Waals surface area (Å²) in [5.74, 6) is -1.44.